The molecule has 0 saturated carbocycles. The third-order valence-electron chi connectivity index (χ3n) is 4.31. The largest absolute Gasteiger partial charge is 0.346 e. The van der Waals surface area contributed by atoms with Crippen LogP contribution >= 0.6 is 23.2 Å². The third-order valence-corrected chi connectivity index (χ3v) is 4.87. The Morgan fingerprint density at radius 2 is 1.50 bits per heavy atom. The van der Waals surface area contributed by atoms with Crippen molar-refractivity contribution in [2.45, 2.75) is 5.92 Å². The van der Waals surface area contributed by atoms with Crippen LogP contribution in [0.25, 0.3) is 0 Å². The molecule has 5 nitrogen and oxygen atoms in total. The van der Waals surface area contributed by atoms with E-state index in [2.05, 4.69) is 15.8 Å². The minimum absolute atomic E-state index is 0.208. The summed E-state index contributed by atoms with van der Waals surface area (Å²) >= 11 is 11.9. The van der Waals surface area contributed by atoms with Crippen LogP contribution in [-0.2, 0) is 9.59 Å². The summed E-state index contributed by atoms with van der Waals surface area (Å²) in [6.45, 7) is -0.208. The standard InChI is InChI=1S/C23H19Cl2N3O2/c24-19-12-11-18(20(25)13-19)14-27-28-21(29)15-26-23(30)22(16-7-3-1-4-8-16)17-9-5-2-6-10-17/h1-14,22H,15H2,(H,26,30)(H,28,29)/b27-14+. The Morgan fingerprint density at radius 3 is 2.07 bits per heavy atom. The number of nitrogens with one attached hydrogen (secondary N) is 2. The zero-order valence-electron chi connectivity index (χ0n) is 15.9. The molecule has 3 aromatic carbocycles. The van der Waals surface area contributed by atoms with Crippen LogP contribution in [0.5, 0.6) is 0 Å². The summed E-state index contributed by atoms with van der Waals surface area (Å²) in [5, 5.41) is 7.47. The molecule has 0 aliphatic carbocycles. The predicted molar refractivity (Wildman–Crippen MR) is 120 cm³/mol. The van der Waals surface area contributed by atoms with Crippen molar-refractivity contribution in [1.29, 1.82) is 0 Å². The van der Waals surface area contributed by atoms with Crippen LogP contribution in [0.4, 0.5) is 0 Å². The fourth-order valence-electron chi connectivity index (χ4n) is 2.88. The smallest absolute Gasteiger partial charge is 0.259 e. The molecule has 152 valence electrons. The van der Waals surface area contributed by atoms with Gasteiger partial charge in [0.1, 0.15) is 0 Å². The molecule has 7 heteroatoms. The second-order valence-corrected chi connectivity index (χ2v) is 7.27. The highest BCUT2D eigenvalue weighted by atomic mass is 35.5. The summed E-state index contributed by atoms with van der Waals surface area (Å²) in [5.41, 5.74) is 4.67. The van der Waals surface area contributed by atoms with Gasteiger partial charge in [-0.3, -0.25) is 9.59 Å². The molecule has 0 aliphatic rings. The van der Waals surface area contributed by atoms with Gasteiger partial charge in [0.25, 0.3) is 5.91 Å². The second-order valence-electron chi connectivity index (χ2n) is 6.43. The molecule has 3 rings (SSSR count). The van der Waals surface area contributed by atoms with Gasteiger partial charge in [0.15, 0.2) is 0 Å². The van der Waals surface area contributed by atoms with Crippen LogP contribution in [0.15, 0.2) is 84.0 Å². The van der Waals surface area contributed by atoms with Crippen molar-refractivity contribution in [3.8, 4) is 0 Å². The number of rotatable bonds is 7. The summed E-state index contributed by atoms with van der Waals surface area (Å²) in [7, 11) is 0. The summed E-state index contributed by atoms with van der Waals surface area (Å²) in [6.07, 6.45) is 1.41. The fourth-order valence-corrected chi connectivity index (χ4v) is 3.33. The molecule has 2 amide bonds. The Hall–Kier alpha value is -3.15. The maximum atomic E-state index is 12.9. The molecular formula is C23H19Cl2N3O2. The van der Waals surface area contributed by atoms with Gasteiger partial charge in [-0.15, -0.1) is 0 Å². The highest BCUT2D eigenvalue weighted by molar-refractivity contribution is 6.36. The first-order chi connectivity index (χ1) is 14.5. The summed E-state index contributed by atoms with van der Waals surface area (Å²) in [4.78, 5) is 24.9. The third kappa shape index (κ3) is 5.92. The highest BCUT2D eigenvalue weighted by Crippen LogP contribution is 2.24. The minimum atomic E-state index is -0.517. The summed E-state index contributed by atoms with van der Waals surface area (Å²) in [6, 6.07) is 23.8. The van der Waals surface area contributed by atoms with E-state index in [1.165, 1.54) is 6.21 Å². The first-order valence-electron chi connectivity index (χ1n) is 9.19. The van der Waals surface area contributed by atoms with E-state index in [4.69, 9.17) is 23.2 Å². The molecule has 0 spiro atoms. The Balaban J connectivity index is 1.61. The molecule has 0 unspecified atom stereocenters. The fraction of sp³-hybridized carbons (Fsp3) is 0.0870. The summed E-state index contributed by atoms with van der Waals surface area (Å²) in [5.74, 6) is -1.24. The Bertz CT molecular complexity index is 1000. The zero-order chi connectivity index (χ0) is 21.3. The molecule has 30 heavy (non-hydrogen) atoms. The van der Waals surface area contributed by atoms with Crippen LogP contribution in [0.1, 0.15) is 22.6 Å². The molecule has 0 heterocycles. The lowest BCUT2D eigenvalue weighted by Gasteiger charge is -2.17. The Morgan fingerprint density at radius 1 is 0.900 bits per heavy atom. The first-order valence-corrected chi connectivity index (χ1v) is 9.95. The van der Waals surface area contributed by atoms with Crippen LogP contribution in [0.2, 0.25) is 10.0 Å². The van der Waals surface area contributed by atoms with E-state index in [0.29, 0.717) is 15.6 Å². The van der Waals surface area contributed by atoms with Gasteiger partial charge < -0.3 is 5.32 Å². The van der Waals surface area contributed by atoms with Gasteiger partial charge in [-0.05, 0) is 23.3 Å². The Labute approximate surface area is 184 Å². The molecule has 0 atom stereocenters. The SMILES string of the molecule is O=C(CNC(=O)C(c1ccccc1)c1ccccc1)N/N=C/c1ccc(Cl)cc1Cl. The monoisotopic (exact) mass is 439 g/mol. The van der Waals surface area contributed by atoms with Gasteiger partial charge in [-0.25, -0.2) is 5.43 Å². The van der Waals surface area contributed by atoms with E-state index < -0.39 is 11.8 Å². The van der Waals surface area contributed by atoms with Crippen molar-refractivity contribution in [3.63, 3.8) is 0 Å². The van der Waals surface area contributed by atoms with Crippen molar-refractivity contribution in [2.24, 2.45) is 5.10 Å². The number of carbonyl (C=O) groups is 2. The van der Waals surface area contributed by atoms with Gasteiger partial charge in [-0.2, -0.15) is 5.10 Å². The van der Waals surface area contributed by atoms with Crippen LogP contribution in [0.3, 0.4) is 0 Å². The van der Waals surface area contributed by atoms with E-state index in [1.54, 1.807) is 18.2 Å². The van der Waals surface area contributed by atoms with E-state index in [1.807, 2.05) is 60.7 Å². The molecule has 0 radical (unpaired) electrons. The van der Waals surface area contributed by atoms with E-state index >= 15 is 0 Å². The number of hydrogen-bond donors (Lipinski definition) is 2. The second kappa shape index (κ2) is 10.6. The van der Waals surface area contributed by atoms with Gasteiger partial charge in [-0.1, -0.05) is 89.9 Å². The van der Waals surface area contributed by atoms with Crippen molar-refractivity contribution in [2.75, 3.05) is 6.54 Å². The van der Waals surface area contributed by atoms with E-state index in [-0.39, 0.29) is 12.5 Å². The molecule has 0 fully saturated rings. The molecule has 0 saturated heterocycles. The van der Waals surface area contributed by atoms with Gasteiger partial charge in [0.2, 0.25) is 5.91 Å². The molecule has 0 bridgehead atoms. The van der Waals surface area contributed by atoms with E-state index in [0.717, 1.165) is 11.1 Å². The van der Waals surface area contributed by atoms with Crippen molar-refractivity contribution in [3.05, 3.63) is 106 Å². The average Bonchev–Trinajstić information content (AvgIpc) is 2.75. The van der Waals surface area contributed by atoms with Crippen LogP contribution in [-0.4, -0.2) is 24.6 Å². The molecular weight excluding hydrogens is 421 g/mol. The maximum absolute atomic E-state index is 12.9. The molecule has 0 aromatic heterocycles. The van der Waals surface area contributed by atoms with Crippen molar-refractivity contribution >= 4 is 41.2 Å². The van der Waals surface area contributed by atoms with Crippen molar-refractivity contribution in [1.82, 2.24) is 10.7 Å². The lowest BCUT2D eigenvalue weighted by atomic mass is 9.90. The molecule has 0 aliphatic heterocycles. The average molecular weight is 440 g/mol. The Kier molecular flexibility index (Phi) is 7.60. The van der Waals surface area contributed by atoms with Crippen molar-refractivity contribution < 1.29 is 9.59 Å². The van der Waals surface area contributed by atoms with Gasteiger partial charge >= 0.3 is 0 Å². The number of hydrogen-bond acceptors (Lipinski definition) is 3. The number of halogens is 2. The summed E-state index contributed by atoms with van der Waals surface area (Å²) < 4.78 is 0. The molecule has 3 aromatic rings. The number of benzene rings is 3. The topological polar surface area (TPSA) is 70.6 Å². The predicted octanol–water partition coefficient (Wildman–Crippen LogP) is 4.39. The zero-order valence-corrected chi connectivity index (χ0v) is 17.4. The number of amides is 2. The minimum Gasteiger partial charge on any atom is -0.346 e. The van der Waals surface area contributed by atoms with Crippen LogP contribution in [0, 0.1) is 0 Å². The number of nitrogens with zero attached hydrogens (tertiary/aromatic N) is 1. The normalized spacial score (nSPS) is 10.9. The number of hydrazone groups is 1. The maximum Gasteiger partial charge on any atom is 0.259 e. The lowest BCUT2D eigenvalue weighted by Crippen LogP contribution is -2.37. The van der Waals surface area contributed by atoms with Gasteiger partial charge in [0.05, 0.1) is 23.7 Å². The lowest BCUT2D eigenvalue weighted by molar-refractivity contribution is -0.126. The van der Waals surface area contributed by atoms with Crippen LogP contribution < -0.4 is 10.7 Å². The first kappa shape index (κ1) is 21.6. The highest BCUT2D eigenvalue weighted by Gasteiger charge is 2.22. The number of carbonyl (C=O) groups excluding carboxylic acids is 2. The molecule has 2 N–H and O–H groups in total. The quantitative estimate of drug-likeness (QED) is 0.423. The van der Waals surface area contributed by atoms with E-state index in [9.17, 15) is 9.59 Å². The van der Waals surface area contributed by atoms with Gasteiger partial charge in [0, 0.05) is 10.6 Å².